The average molecular weight is 356 g/mol. The van der Waals surface area contributed by atoms with Crippen molar-refractivity contribution in [3.8, 4) is 0 Å². The van der Waals surface area contributed by atoms with E-state index in [0.29, 0.717) is 19.6 Å². The molecule has 25 heavy (non-hydrogen) atoms. The predicted octanol–water partition coefficient (Wildman–Crippen LogP) is 2.58. The van der Waals surface area contributed by atoms with Crippen LogP contribution in [0.2, 0.25) is 0 Å². The largest absolute Gasteiger partial charge is 0.416 e. The maximum absolute atomic E-state index is 12.7. The number of benzene rings is 1. The lowest BCUT2D eigenvalue weighted by Gasteiger charge is -2.11. The lowest BCUT2D eigenvalue weighted by molar-refractivity contribution is -0.137. The van der Waals surface area contributed by atoms with Crippen LogP contribution in [-0.4, -0.2) is 31.1 Å². The van der Waals surface area contributed by atoms with Crippen molar-refractivity contribution in [3.05, 3.63) is 29.8 Å². The van der Waals surface area contributed by atoms with Gasteiger partial charge in [-0.25, -0.2) is 0 Å². The first kappa shape index (κ1) is 17.7. The number of amides is 2. The first-order valence-electron chi connectivity index (χ1n) is 8.22. The van der Waals surface area contributed by atoms with Crippen LogP contribution in [0.5, 0.6) is 0 Å². The van der Waals surface area contributed by atoms with Gasteiger partial charge in [0, 0.05) is 18.8 Å². The van der Waals surface area contributed by atoms with Crippen LogP contribution in [0.1, 0.15) is 24.8 Å². The van der Waals surface area contributed by atoms with Gasteiger partial charge in [0.2, 0.25) is 11.8 Å². The van der Waals surface area contributed by atoms with Crippen molar-refractivity contribution in [1.29, 1.82) is 0 Å². The quantitative estimate of drug-likeness (QED) is 0.852. The molecule has 2 N–H and O–H groups in total. The Labute approximate surface area is 142 Å². The van der Waals surface area contributed by atoms with E-state index in [4.69, 9.17) is 4.74 Å². The Morgan fingerprint density at radius 1 is 1.20 bits per heavy atom. The van der Waals surface area contributed by atoms with Gasteiger partial charge in [0.25, 0.3) is 0 Å². The zero-order valence-corrected chi connectivity index (χ0v) is 13.4. The van der Waals surface area contributed by atoms with Crippen molar-refractivity contribution in [2.45, 2.75) is 31.5 Å². The first-order chi connectivity index (χ1) is 11.8. The van der Waals surface area contributed by atoms with E-state index >= 15 is 0 Å². The highest BCUT2D eigenvalue weighted by Gasteiger charge is 2.48. The van der Waals surface area contributed by atoms with E-state index in [1.807, 2.05) is 0 Å². The van der Waals surface area contributed by atoms with Crippen LogP contribution in [-0.2, 0) is 20.5 Å². The summed E-state index contributed by atoms with van der Waals surface area (Å²) in [5.74, 6) is -1.57. The highest BCUT2D eigenvalue weighted by atomic mass is 19.4. The number of carbonyl (C=O) groups excluding carboxylic acids is 2. The number of alkyl halides is 3. The van der Waals surface area contributed by atoms with Crippen molar-refractivity contribution >= 4 is 17.5 Å². The molecular formula is C17H19F3N2O3. The second-order valence-electron chi connectivity index (χ2n) is 6.40. The number of ether oxygens (including phenoxy) is 1. The topological polar surface area (TPSA) is 67.4 Å². The third-order valence-corrected chi connectivity index (χ3v) is 4.45. The number of halogens is 3. The van der Waals surface area contributed by atoms with Crippen LogP contribution in [0, 0.1) is 11.8 Å². The molecule has 3 unspecified atom stereocenters. The smallest absolute Gasteiger partial charge is 0.376 e. The molecule has 136 valence electrons. The number of rotatable bonds is 5. The van der Waals surface area contributed by atoms with Gasteiger partial charge < -0.3 is 15.4 Å². The minimum atomic E-state index is -4.47. The minimum Gasteiger partial charge on any atom is -0.376 e. The van der Waals surface area contributed by atoms with Crippen LogP contribution in [0.3, 0.4) is 0 Å². The van der Waals surface area contributed by atoms with Gasteiger partial charge in [-0.05, 0) is 37.5 Å². The fourth-order valence-electron chi connectivity index (χ4n) is 2.93. The molecule has 1 aliphatic heterocycles. The first-order valence-corrected chi connectivity index (χ1v) is 8.22. The van der Waals surface area contributed by atoms with Crippen LogP contribution < -0.4 is 10.6 Å². The maximum Gasteiger partial charge on any atom is 0.416 e. The minimum absolute atomic E-state index is 0.0279. The summed E-state index contributed by atoms with van der Waals surface area (Å²) in [5.41, 5.74) is -0.753. The van der Waals surface area contributed by atoms with Crippen LogP contribution in [0.25, 0.3) is 0 Å². The van der Waals surface area contributed by atoms with Crippen LogP contribution in [0.4, 0.5) is 18.9 Å². The van der Waals surface area contributed by atoms with Crippen molar-refractivity contribution in [2.24, 2.45) is 11.8 Å². The summed E-state index contributed by atoms with van der Waals surface area (Å²) in [6, 6.07) is 4.44. The fraction of sp³-hybridized carbons (Fsp3) is 0.529. The Morgan fingerprint density at radius 2 is 1.96 bits per heavy atom. The molecule has 0 radical (unpaired) electrons. The molecular weight excluding hydrogens is 337 g/mol. The van der Waals surface area contributed by atoms with Crippen molar-refractivity contribution in [2.75, 3.05) is 18.5 Å². The van der Waals surface area contributed by atoms with Gasteiger partial charge in [0.05, 0.1) is 23.5 Å². The molecule has 2 fully saturated rings. The van der Waals surface area contributed by atoms with Gasteiger partial charge in [-0.1, -0.05) is 6.07 Å². The normalized spacial score (nSPS) is 25.5. The highest BCUT2D eigenvalue weighted by molar-refractivity contribution is 5.99. The second kappa shape index (κ2) is 7.03. The number of hydrogen-bond donors (Lipinski definition) is 2. The molecule has 0 aromatic heterocycles. The molecule has 2 amide bonds. The molecule has 0 spiro atoms. The Kier molecular flexibility index (Phi) is 4.99. The summed E-state index contributed by atoms with van der Waals surface area (Å²) in [4.78, 5) is 24.1. The Balaban J connectivity index is 1.49. The molecule has 1 saturated heterocycles. The Bertz CT molecular complexity index is 657. The van der Waals surface area contributed by atoms with E-state index in [-0.39, 0.29) is 17.7 Å². The van der Waals surface area contributed by atoms with Gasteiger partial charge in [0.1, 0.15) is 0 Å². The van der Waals surface area contributed by atoms with Crippen molar-refractivity contribution < 1.29 is 27.5 Å². The van der Waals surface area contributed by atoms with Crippen molar-refractivity contribution in [3.63, 3.8) is 0 Å². The Hall–Kier alpha value is -2.09. The standard InChI is InChI=1S/C17H19F3N2O3/c18-17(19,20)10-3-1-4-11(7-10)22-16(24)14-8-13(14)15(23)21-9-12-5-2-6-25-12/h1,3-4,7,12-14H,2,5-6,8-9H2,(H,21,23)(H,22,24). The molecule has 3 rings (SSSR count). The number of hydrogen-bond acceptors (Lipinski definition) is 3. The van der Waals surface area contributed by atoms with E-state index in [1.54, 1.807) is 0 Å². The summed E-state index contributed by atoms with van der Waals surface area (Å²) in [6.07, 6.45) is -2.15. The fourth-order valence-corrected chi connectivity index (χ4v) is 2.93. The predicted molar refractivity (Wildman–Crippen MR) is 83.7 cm³/mol. The third-order valence-electron chi connectivity index (χ3n) is 4.45. The summed E-state index contributed by atoms with van der Waals surface area (Å²) < 4.78 is 43.5. The molecule has 3 atom stereocenters. The zero-order valence-electron chi connectivity index (χ0n) is 13.4. The zero-order chi connectivity index (χ0) is 18.0. The number of nitrogens with one attached hydrogen (secondary N) is 2. The molecule has 1 saturated carbocycles. The van der Waals surface area contributed by atoms with E-state index in [1.165, 1.54) is 12.1 Å². The van der Waals surface area contributed by atoms with Crippen molar-refractivity contribution in [1.82, 2.24) is 5.32 Å². The summed E-state index contributed by atoms with van der Waals surface area (Å²) >= 11 is 0. The molecule has 2 aliphatic rings. The average Bonchev–Trinajstić information content (AvgIpc) is 3.20. The van der Waals surface area contributed by atoms with Gasteiger partial charge >= 0.3 is 6.18 Å². The van der Waals surface area contributed by atoms with E-state index in [9.17, 15) is 22.8 Å². The highest BCUT2D eigenvalue weighted by Crippen LogP contribution is 2.40. The summed E-state index contributed by atoms with van der Waals surface area (Å²) in [6.45, 7) is 1.13. The van der Waals surface area contributed by atoms with Gasteiger partial charge in [0.15, 0.2) is 0 Å². The third kappa shape index (κ3) is 4.50. The van der Waals surface area contributed by atoms with Crippen LogP contribution >= 0.6 is 0 Å². The number of anilines is 1. The molecule has 8 heteroatoms. The maximum atomic E-state index is 12.7. The summed E-state index contributed by atoms with van der Waals surface area (Å²) in [5, 5.41) is 5.23. The van der Waals surface area contributed by atoms with E-state index in [0.717, 1.165) is 25.0 Å². The molecule has 1 heterocycles. The molecule has 5 nitrogen and oxygen atoms in total. The van der Waals surface area contributed by atoms with E-state index < -0.39 is 29.5 Å². The van der Waals surface area contributed by atoms with Crippen LogP contribution in [0.15, 0.2) is 24.3 Å². The lowest BCUT2D eigenvalue weighted by atomic mass is 10.2. The second-order valence-corrected chi connectivity index (χ2v) is 6.40. The summed E-state index contributed by atoms with van der Waals surface area (Å²) in [7, 11) is 0. The van der Waals surface area contributed by atoms with Gasteiger partial charge in [-0.2, -0.15) is 13.2 Å². The molecule has 0 bridgehead atoms. The monoisotopic (exact) mass is 356 g/mol. The number of carbonyl (C=O) groups is 2. The SMILES string of the molecule is O=C(NCC1CCCO1)C1CC1C(=O)Nc1cccc(C(F)(F)F)c1. The van der Waals surface area contributed by atoms with Gasteiger partial charge in [-0.3, -0.25) is 9.59 Å². The lowest BCUT2D eigenvalue weighted by Crippen LogP contribution is -2.33. The van der Waals surface area contributed by atoms with E-state index in [2.05, 4.69) is 10.6 Å². The molecule has 1 aromatic rings. The van der Waals surface area contributed by atoms with Gasteiger partial charge in [-0.15, -0.1) is 0 Å². The molecule has 1 aromatic carbocycles. The Morgan fingerprint density at radius 3 is 2.64 bits per heavy atom. The molecule has 1 aliphatic carbocycles.